The first kappa shape index (κ1) is 18.8. The predicted molar refractivity (Wildman–Crippen MR) is 96.9 cm³/mol. The average Bonchev–Trinajstić information content (AvgIpc) is 3.14. The molecule has 3 rings (SSSR count). The summed E-state index contributed by atoms with van der Waals surface area (Å²) in [5, 5.41) is 12.3. The van der Waals surface area contributed by atoms with E-state index in [-0.39, 0.29) is 22.3 Å². The SMILES string of the molecule is CC1(C#N)CCN(C(=O)c2cccc(S(=O)(=O)N[C@@H]3CCNC3)c2)CC1. The van der Waals surface area contributed by atoms with Crippen molar-refractivity contribution in [3.05, 3.63) is 29.8 Å². The summed E-state index contributed by atoms with van der Waals surface area (Å²) in [5.41, 5.74) is -0.0285. The summed E-state index contributed by atoms with van der Waals surface area (Å²) in [6.07, 6.45) is 2.01. The van der Waals surface area contributed by atoms with Crippen LogP contribution in [-0.4, -0.2) is 51.4 Å². The molecular weight excluding hydrogens is 352 g/mol. The molecule has 1 atom stereocenters. The number of carbonyl (C=O) groups is 1. The van der Waals surface area contributed by atoms with Crippen molar-refractivity contribution >= 4 is 15.9 Å². The monoisotopic (exact) mass is 376 g/mol. The molecule has 0 saturated carbocycles. The largest absolute Gasteiger partial charge is 0.339 e. The molecule has 0 aliphatic carbocycles. The van der Waals surface area contributed by atoms with Gasteiger partial charge in [-0.2, -0.15) is 5.26 Å². The zero-order valence-corrected chi connectivity index (χ0v) is 15.7. The fourth-order valence-corrected chi connectivity index (χ4v) is 4.65. The minimum atomic E-state index is -3.66. The Balaban J connectivity index is 1.73. The highest BCUT2D eigenvalue weighted by Gasteiger charge is 2.32. The zero-order valence-electron chi connectivity index (χ0n) is 14.9. The fraction of sp³-hybridized carbons (Fsp3) is 0.556. The third-order valence-corrected chi connectivity index (χ3v) is 6.72. The van der Waals surface area contributed by atoms with Crippen molar-refractivity contribution < 1.29 is 13.2 Å². The Morgan fingerprint density at radius 3 is 2.73 bits per heavy atom. The highest BCUT2D eigenvalue weighted by atomic mass is 32.2. The van der Waals surface area contributed by atoms with Gasteiger partial charge >= 0.3 is 0 Å². The molecule has 26 heavy (non-hydrogen) atoms. The number of rotatable bonds is 4. The summed E-state index contributed by atoms with van der Waals surface area (Å²) in [7, 11) is -3.66. The van der Waals surface area contributed by atoms with Gasteiger partial charge in [-0.05, 0) is 50.9 Å². The van der Waals surface area contributed by atoms with Crippen LogP contribution in [0.1, 0.15) is 36.5 Å². The van der Waals surface area contributed by atoms with Crippen molar-refractivity contribution in [2.75, 3.05) is 26.2 Å². The second-order valence-electron chi connectivity index (χ2n) is 7.30. The van der Waals surface area contributed by atoms with Gasteiger partial charge in [-0.1, -0.05) is 6.07 Å². The first-order valence-corrected chi connectivity index (χ1v) is 10.3. The number of sulfonamides is 1. The van der Waals surface area contributed by atoms with Crippen LogP contribution in [-0.2, 0) is 10.0 Å². The Labute approximate surface area is 154 Å². The molecule has 2 N–H and O–H groups in total. The van der Waals surface area contributed by atoms with Crippen molar-refractivity contribution in [2.24, 2.45) is 5.41 Å². The minimum Gasteiger partial charge on any atom is -0.339 e. The second kappa shape index (κ2) is 7.35. The summed E-state index contributed by atoms with van der Waals surface area (Å²) in [4.78, 5) is 14.5. The standard InChI is InChI=1S/C18H24N4O3S/c1-18(13-19)6-9-22(10-7-18)17(23)14-3-2-4-16(11-14)26(24,25)21-15-5-8-20-12-15/h2-4,11,15,20-21H,5-10,12H2,1H3/t15-/m1/s1. The summed E-state index contributed by atoms with van der Waals surface area (Å²) in [5.74, 6) is -0.190. The molecule has 2 fully saturated rings. The number of hydrogen-bond acceptors (Lipinski definition) is 5. The number of nitrogens with zero attached hydrogens (tertiary/aromatic N) is 2. The second-order valence-corrected chi connectivity index (χ2v) is 9.02. The predicted octanol–water partition coefficient (Wildman–Crippen LogP) is 1.09. The van der Waals surface area contributed by atoms with Gasteiger partial charge in [0.15, 0.2) is 0 Å². The lowest BCUT2D eigenvalue weighted by Gasteiger charge is -2.35. The summed E-state index contributed by atoms with van der Waals surface area (Å²) >= 11 is 0. The maximum absolute atomic E-state index is 12.7. The van der Waals surface area contributed by atoms with Crippen molar-refractivity contribution in [1.29, 1.82) is 5.26 Å². The molecule has 0 spiro atoms. The van der Waals surface area contributed by atoms with Crippen molar-refractivity contribution in [1.82, 2.24) is 14.9 Å². The molecule has 2 heterocycles. The van der Waals surface area contributed by atoms with E-state index in [0.717, 1.165) is 13.0 Å². The zero-order chi connectivity index (χ0) is 18.8. The molecule has 0 bridgehead atoms. The Kier molecular flexibility index (Phi) is 5.32. The summed E-state index contributed by atoms with van der Waals surface area (Å²) in [6, 6.07) is 8.36. The molecule has 2 saturated heterocycles. The van der Waals surface area contributed by atoms with Crippen LogP contribution >= 0.6 is 0 Å². The molecule has 140 valence electrons. The van der Waals surface area contributed by atoms with E-state index >= 15 is 0 Å². The minimum absolute atomic E-state index is 0.106. The van der Waals surface area contributed by atoms with Crippen LogP contribution in [0.3, 0.4) is 0 Å². The highest BCUT2D eigenvalue weighted by Crippen LogP contribution is 2.30. The number of amides is 1. The molecule has 0 aromatic heterocycles. The van der Waals surface area contributed by atoms with E-state index in [1.165, 1.54) is 12.1 Å². The van der Waals surface area contributed by atoms with E-state index < -0.39 is 10.0 Å². The van der Waals surface area contributed by atoms with Gasteiger partial charge in [0.1, 0.15) is 0 Å². The lowest BCUT2D eigenvalue weighted by atomic mass is 9.82. The molecule has 0 radical (unpaired) electrons. The van der Waals surface area contributed by atoms with Crippen LogP contribution < -0.4 is 10.0 Å². The third kappa shape index (κ3) is 4.06. The topological polar surface area (TPSA) is 102 Å². The first-order valence-electron chi connectivity index (χ1n) is 8.87. The van der Waals surface area contributed by atoms with Crippen LogP contribution in [0.4, 0.5) is 0 Å². The van der Waals surface area contributed by atoms with E-state index in [4.69, 9.17) is 0 Å². The van der Waals surface area contributed by atoms with E-state index in [9.17, 15) is 18.5 Å². The third-order valence-electron chi connectivity index (χ3n) is 5.20. The highest BCUT2D eigenvalue weighted by molar-refractivity contribution is 7.89. The van der Waals surface area contributed by atoms with Crippen LogP contribution in [0.25, 0.3) is 0 Å². The molecule has 8 heteroatoms. The van der Waals surface area contributed by atoms with Gasteiger partial charge in [0.05, 0.1) is 16.4 Å². The average molecular weight is 376 g/mol. The van der Waals surface area contributed by atoms with Gasteiger partial charge in [-0.15, -0.1) is 0 Å². The number of nitrogens with one attached hydrogen (secondary N) is 2. The fourth-order valence-electron chi connectivity index (χ4n) is 3.34. The number of nitriles is 1. The van der Waals surface area contributed by atoms with Gasteiger partial charge in [0.2, 0.25) is 10.0 Å². The Bertz CT molecular complexity index is 817. The van der Waals surface area contributed by atoms with Crippen molar-refractivity contribution in [3.8, 4) is 6.07 Å². The normalized spacial score (nSPS) is 22.8. The molecule has 7 nitrogen and oxygen atoms in total. The van der Waals surface area contributed by atoms with Gasteiger partial charge in [0.25, 0.3) is 5.91 Å². The molecule has 0 unspecified atom stereocenters. The lowest BCUT2D eigenvalue weighted by molar-refractivity contribution is 0.0661. The molecule has 1 aromatic carbocycles. The van der Waals surface area contributed by atoms with Gasteiger partial charge < -0.3 is 10.2 Å². The van der Waals surface area contributed by atoms with Gasteiger partial charge in [0, 0.05) is 31.2 Å². The smallest absolute Gasteiger partial charge is 0.253 e. The molecule has 1 aromatic rings. The molecule has 1 amide bonds. The molecule has 2 aliphatic heterocycles. The van der Waals surface area contributed by atoms with E-state index in [2.05, 4.69) is 16.1 Å². The van der Waals surface area contributed by atoms with Gasteiger partial charge in [-0.25, -0.2) is 13.1 Å². The number of benzene rings is 1. The van der Waals surface area contributed by atoms with Crippen LogP contribution in [0.2, 0.25) is 0 Å². The number of likely N-dealkylation sites (tertiary alicyclic amines) is 1. The summed E-state index contributed by atoms with van der Waals surface area (Å²) < 4.78 is 27.8. The first-order chi connectivity index (χ1) is 12.3. The van der Waals surface area contributed by atoms with Crippen LogP contribution in [0.5, 0.6) is 0 Å². The number of piperidine rings is 1. The Morgan fingerprint density at radius 2 is 2.12 bits per heavy atom. The Morgan fingerprint density at radius 1 is 1.38 bits per heavy atom. The molecule has 2 aliphatic rings. The van der Waals surface area contributed by atoms with E-state index in [0.29, 0.717) is 38.0 Å². The quantitative estimate of drug-likeness (QED) is 0.819. The Hall–Kier alpha value is -1.95. The maximum atomic E-state index is 12.7. The van der Waals surface area contributed by atoms with Crippen LogP contribution in [0.15, 0.2) is 29.2 Å². The van der Waals surface area contributed by atoms with Crippen molar-refractivity contribution in [2.45, 2.75) is 37.1 Å². The number of carbonyl (C=O) groups excluding carboxylic acids is 1. The number of hydrogen-bond donors (Lipinski definition) is 2. The van der Waals surface area contributed by atoms with E-state index in [1.807, 2.05) is 6.92 Å². The molecular formula is C18H24N4O3S. The van der Waals surface area contributed by atoms with Crippen molar-refractivity contribution in [3.63, 3.8) is 0 Å². The lowest BCUT2D eigenvalue weighted by Crippen LogP contribution is -2.41. The maximum Gasteiger partial charge on any atom is 0.253 e. The van der Waals surface area contributed by atoms with E-state index in [1.54, 1.807) is 17.0 Å². The van der Waals surface area contributed by atoms with Crippen LogP contribution in [0, 0.1) is 16.7 Å². The summed E-state index contributed by atoms with van der Waals surface area (Å²) in [6.45, 7) is 4.33. The van der Waals surface area contributed by atoms with Gasteiger partial charge in [-0.3, -0.25) is 4.79 Å².